The van der Waals surface area contributed by atoms with Gasteiger partial charge in [-0.2, -0.15) is 0 Å². The molecule has 1 aromatic heterocycles. The van der Waals surface area contributed by atoms with Crippen LogP contribution in [0.5, 0.6) is 0 Å². The van der Waals surface area contributed by atoms with Crippen LogP contribution in [-0.2, 0) is 0 Å². The van der Waals surface area contributed by atoms with E-state index in [9.17, 15) is 4.79 Å². The van der Waals surface area contributed by atoms with Crippen LogP contribution in [0.2, 0.25) is 0 Å². The molecule has 1 heterocycles. The molecule has 0 spiro atoms. The van der Waals surface area contributed by atoms with Crippen LogP contribution in [0.25, 0.3) is 0 Å². The van der Waals surface area contributed by atoms with Crippen LogP contribution in [0.4, 0.5) is 0 Å². The molecule has 0 radical (unpaired) electrons. The first-order valence-corrected chi connectivity index (χ1v) is 4.37. The summed E-state index contributed by atoms with van der Waals surface area (Å²) in [7, 11) is 4.83. The fraction of sp³-hybridized carbons (Fsp3) is 0.333. The molecule has 4 nitrogen and oxygen atoms in total. The van der Waals surface area contributed by atoms with Gasteiger partial charge in [0, 0.05) is 13.8 Å². The van der Waals surface area contributed by atoms with Gasteiger partial charge in [0.2, 0.25) is 0 Å². The lowest BCUT2D eigenvalue weighted by Gasteiger charge is -1.88. The largest absolute Gasteiger partial charge is 0.475 e. The summed E-state index contributed by atoms with van der Waals surface area (Å²) in [6.45, 7) is 3.61. The molecule has 0 aliphatic carbocycles. The first-order chi connectivity index (χ1) is 5.46. The predicted molar refractivity (Wildman–Crippen MR) is 51.3 cm³/mol. The van der Waals surface area contributed by atoms with Gasteiger partial charge in [-0.15, -0.1) is 0 Å². The molecule has 66 valence electrons. The Hall–Kier alpha value is -0.460. The number of carbonyl (C=O) groups is 1. The van der Waals surface area contributed by atoms with E-state index in [1.807, 2.05) is 6.92 Å². The molecule has 2 atom stereocenters. The molecule has 0 bridgehead atoms. The highest BCUT2D eigenvalue weighted by Crippen LogP contribution is 2.12. The zero-order valence-corrected chi connectivity index (χ0v) is 9.21. The number of nitrogens with zero attached hydrogens (tertiary/aromatic N) is 2. The third-order valence-corrected chi connectivity index (χ3v) is 3.24. The Labute approximate surface area is 75.1 Å². The van der Waals surface area contributed by atoms with E-state index in [0.29, 0.717) is 5.69 Å². The first-order valence-electron chi connectivity index (χ1n) is 3.34. The van der Waals surface area contributed by atoms with Gasteiger partial charge in [-0.05, 0) is 0 Å². The lowest BCUT2D eigenvalue weighted by molar-refractivity contribution is -0.510. The number of carboxylic acids is 1. The summed E-state index contributed by atoms with van der Waals surface area (Å²) in [5.74, 6) is -0.0494. The van der Waals surface area contributed by atoms with Crippen LogP contribution in [0.3, 0.4) is 0 Å². The van der Waals surface area contributed by atoms with Gasteiger partial charge in [-0.25, -0.2) is 13.5 Å². The minimum absolute atomic E-state index is 0.299. The lowest BCUT2D eigenvalue weighted by Crippen LogP contribution is -2.29. The fourth-order valence-electron chi connectivity index (χ4n) is 1.07. The monoisotopic (exact) mass is 205 g/mol. The summed E-state index contributed by atoms with van der Waals surface area (Å²) in [5, 5.41) is 8.83. The zero-order chi connectivity index (χ0) is 9.46. The average molecular weight is 205 g/mol. The number of aromatic nitrogens is 2. The van der Waals surface area contributed by atoms with Crippen molar-refractivity contribution in [2.45, 2.75) is 13.8 Å². The Morgan fingerprint density at radius 1 is 1.58 bits per heavy atom. The van der Waals surface area contributed by atoms with Crippen molar-refractivity contribution in [2.75, 3.05) is 0 Å². The molecule has 1 rings (SSSR count). The van der Waals surface area contributed by atoms with Crippen molar-refractivity contribution in [3.8, 4) is 0 Å². The quantitative estimate of drug-likeness (QED) is 0.673. The Morgan fingerprint density at radius 3 is 2.25 bits per heavy atom. The molecule has 0 saturated carbocycles. The number of imidazole rings is 1. The van der Waals surface area contributed by atoms with Crippen LogP contribution >= 0.6 is 18.8 Å². The molecule has 0 fully saturated rings. The van der Waals surface area contributed by atoms with E-state index >= 15 is 0 Å². The van der Waals surface area contributed by atoms with Crippen molar-refractivity contribution >= 4 is 24.8 Å². The number of hydrogen-bond acceptors (Lipinski definition) is 1. The first kappa shape index (κ1) is 9.63. The second-order valence-corrected chi connectivity index (χ2v) is 3.56. The predicted octanol–water partition coefficient (Wildman–Crippen LogP) is 0.367. The summed E-state index contributed by atoms with van der Waals surface area (Å²) in [6, 6.07) is 0. The summed E-state index contributed by atoms with van der Waals surface area (Å²) in [6.07, 6.45) is 0. The van der Waals surface area contributed by atoms with Gasteiger partial charge < -0.3 is 5.11 Å². The highest BCUT2D eigenvalue weighted by atomic mass is 31.0. The maximum absolute atomic E-state index is 10.8. The standard InChI is InChI=1S/C6H10N2O2P2/c1-3-5(6(9)10)8(12)4(2)7(3)11/h11-12H2,1-2H3/p+1. The molecule has 0 saturated heterocycles. The lowest BCUT2D eigenvalue weighted by atomic mass is 10.3. The maximum atomic E-state index is 10.8. The second-order valence-electron chi connectivity index (χ2n) is 2.53. The van der Waals surface area contributed by atoms with Crippen LogP contribution < -0.4 is 4.34 Å². The fourth-order valence-corrected chi connectivity index (χ4v) is 1.87. The van der Waals surface area contributed by atoms with Gasteiger partial charge in [0.15, 0.2) is 5.69 Å². The van der Waals surface area contributed by atoms with E-state index in [1.165, 1.54) is 0 Å². The van der Waals surface area contributed by atoms with Crippen molar-refractivity contribution in [3.05, 3.63) is 17.2 Å². The van der Waals surface area contributed by atoms with E-state index in [1.54, 1.807) is 15.6 Å². The van der Waals surface area contributed by atoms with Gasteiger partial charge in [0.1, 0.15) is 0 Å². The van der Waals surface area contributed by atoms with E-state index < -0.39 is 5.97 Å². The van der Waals surface area contributed by atoms with Crippen molar-refractivity contribution in [1.82, 2.24) is 4.34 Å². The van der Waals surface area contributed by atoms with Gasteiger partial charge in [-0.1, -0.05) is 0 Å². The van der Waals surface area contributed by atoms with E-state index in [2.05, 4.69) is 18.8 Å². The Bertz CT molecular complexity index is 320. The molecule has 0 aliphatic rings. The Kier molecular flexibility index (Phi) is 2.50. The van der Waals surface area contributed by atoms with Gasteiger partial charge in [-0.3, -0.25) is 0 Å². The van der Waals surface area contributed by atoms with Crippen LogP contribution in [0.15, 0.2) is 0 Å². The summed E-state index contributed by atoms with van der Waals surface area (Å²) >= 11 is 0. The molecule has 1 N–H and O–H groups in total. The highest BCUT2D eigenvalue weighted by Gasteiger charge is 2.25. The number of aromatic carboxylic acids is 1. The Balaban J connectivity index is 3.48. The summed E-state index contributed by atoms with van der Waals surface area (Å²) in [5.41, 5.74) is 1.02. The molecular weight excluding hydrogens is 194 g/mol. The molecule has 0 amide bonds. The molecule has 0 aliphatic heterocycles. The van der Waals surface area contributed by atoms with Crippen molar-refractivity contribution in [1.29, 1.82) is 0 Å². The molecule has 6 heteroatoms. The SMILES string of the molecule is Cc1c(C(=O)O)[n+](P)c(C)n1P. The van der Waals surface area contributed by atoms with Gasteiger partial charge >= 0.3 is 5.97 Å². The highest BCUT2D eigenvalue weighted by molar-refractivity contribution is 7.14. The van der Waals surface area contributed by atoms with E-state index in [0.717, 1.165) is 11.5 Å². The maximum Gasteiger partial charge on any atom is 0.380 e. The summed E-state index contributed by atoms with van der Waals surface area (Å²) < 4.78 is 3.33. The minimum Gasteiger partial charge on any atom is -0.475 e. The number of hydrogen-bond donors (Lipinski definition) is 1. The van der Waals surface area contributed by atoms with Crippen LogP contribution in [0, 0.1) is 13.8 Å². The van der Waals surface area contributed by atoms with E-state index in [4.69, 9.17) is 5.11 Å². The van der Waals surface area contributed by atoms with Gasteiger partial charge in [0.05, 0.1) is 18.8 Å². The normalized spacial score (nSPS) is 10.3. The summed E-state index contributed by atoms with van der Waals surface area (Å²) in [4.78, 5) is 10.8. The molecule has 12 heavy (non-hydrogen) atoms. The van der Waals surface area contributed by atoms with E-state index in [-0.39, 0.29) is 0 Å². The third-order valence-electron chi connectivity index (χ3n) is 1.84. The Morgan fingerprint density at radius 2 is 2.08 bits per heavy atom. The number of carboxylic acid groups (broad SMARTS) is 1. The minimum atomic E-state index is -0.910. The van der Waals surface area contributed by atoms with Crippen LogP contribution in [0.1, 0.15) is 22.0 Å². The molecule has 2 unspecified atom stereocenters. The number of rotatable bonds is 1. The molecule has 1 aromatic rings. The van der Waals surface area contributed by atoms with Crippen molar-refractivity contribution in [2.24, 2.45) is 0 Å². The third kappa shape index (κ3) is 1.26. The molecular formula is C6H11N2O2P2+. The molecule has 0 aromatic carbocycles. The second kappa shape index (κ2) is 3.12. The zero-order valence-electron chi connectivity index (χ0n) is 6.90. The topological polar surface area (TPSA) is 46.1 Å². The average Bonchev–Trinajstić information content (AvgIpc) is 2.16. The van der Waals surface area contributed by atoms with Crippen LogP contribution in [-0.4, -0.2) is 15.4 Å². The van der Waals surface area contributed by atoms with Gasteiger partial charge in [0.25, 0.3) is 11.5 Å². The smallest absolute Gasteiger partial charge is 0.380 e. The van der Waals surface area contributed by atoms with Crippen molar-refractivity contribution in [3.63, 3.8) is 0 Å². The van der Waals surface area contributed by atoms with Crippen molar-refractivity contribution < 1.29 is 14.2 Å².